The molecule has 0 saturated carbocycles. The molecule has 148 valence electrons. The number of aromatic nitrogens is 2. The molecule has 0 bridgehead atoms. The predicted octanol–water partition coefficient (Wildman–Crippen LogP) is 3.17. The van der Waals surface area contributed by atoms with E-state index in [-0.39, 0.29) is 36.6 Å². The lowest BCUT2D eigenvalue weighted by Crippen LogP contribution is -2.40. The molecule has 8 nitrogen and oxygen atoms in total. The van der Waals surface area contributed by atoms with Crippen LogP contribution < -0.4 is 14.4 Å². The minimum atomic E-state index is -0.989. The van der Waals surface area contributed by atoms with Gasteiger partial charge in [-0.1, -0.05) is 18.5 Å². The molecule has 0 unspecified atom stereocenters. The standard InChI is InChI=1S/C19H20ClN3O5/c1-3-15(13-5-4-11(2)21-22-13)28-16-9-17-14(8-12(16)20)23(7-6-19(25)26)18(24)10-27-17/h4-5,8-9,15H,3,6-7,10H2,1-2H3,(H,25,26)/t15-/m1/s1. The van der Waals surface area contributed by atoms with Gasteiger partial charge in [0.1, 0.15) is 23.3 Å². The Kier molecular flexibility index (Phi) is 5.99. The second-order valence-electron chi connectivity index (χ2n) is 6.34. The third-order valence-corrected chi connectivity index (χ3v) is 4.59. The fourth-order valence-corrected chi connectivity index (χ4v) is 3.03. The van der Waals surface area contributed by atoms with Crippen molar-refractivity contribution in [3.05, 3.63) is 40.7 Å². The van der Waals surface area contributed by atoms with Crippen LogP contribution in [0.15, 0.2) is 24.3 Å². The maximum atomic E-state index is 12.1. The van der Waals surface area contributed by atoms with E-state index in [1.54, 1.807) is 12.1 Å². The average Bonchev–Trinajstić information content (AvgIpc) is 2.66. The van der Waals surface area contributed by atoms with E-state index < -0.39 is 5.97 Å². The van der Waals surface area contributed by atoms with Gasteiger partial charge >= 0.3 is 5.97 Å². The lowest BCUT2D eigenvalue weighted by molar-refractivity contribution is -0.136. The van der Waals surface area contributed by atoms with Crippen molar-refractivity contribution in [1.82, 2.24) is 10.2 Å². The molecule has 3 rings (SSSR count). The van der Waals surface area contributed by atoms with E-state index in [1.807, 2.05) is 26.0 Å². The van der Waals surface area contributed by atoms with Gasteiger partial charge < -0.3 is 19.5 Å². The zero-order chi connectivity index (χ0) is 20.3. The number of hydrogen-bond donors (Lipinski definition) is 1. The monoisotopic (exact) mass is 405 g/mol. The van der Waals surface area contributed by atoms with Gasteiger partial charge in [0.05, 0.1) is 22.8 Å². The molecular weight excluding hydrogens is 386 g/mol. The van der Waals surface area contributed by atoms with Crippen LogP contribution in [0.1, 0.15) is 37.3 Å². The van der Waals surface area contributed by atoms with Crippen molar-refractivity contribution in [2.24, 2.45) is 0 Å². The molecule has 1 atom stereocenters. The van der Waals surface area contributed by atoms with Gasteiger partial charge in [-0.2, -0.15) is 10.2 Å². The number of benzene rings is 1. The number of halogens is 1. The zero-order valence-electron chi connectivity index (χ0n) is 15.5. The first-order valence-corrected chi connectivity index (χ1v) is 9.22. The van der Waals surface area contributed by atoms with Gasteiger partial charge in [0, 0.05) is 12.6 Å². The minimum absolute atomic E-state index is 0.0393. The number of amides is 1. The van der Waals surface area contributed by atoms with E-state index in [1.165, 1.54) is 4.90 Å². The number of carbonyl (C=O) groups is 2. The normalized spacial score (nSPS) is 14.2. The van der Waals surface area contributed by atoms with Gasteiger partial charge in [-0.25, -0.2) is 0 Å². The van der Waals surface area contributed by atoms with Gasteiger partial charge in [-0.05, 0) is 31.5 Å². The van der Waals surface area contributed by atoms with E-state index in [2.05, 4.69) is 10.2 Å². The Labute approximate surface area is 167 Å². The number of carboxylic acids is 1. The van der Waals surface area contributed by atoms with Crippen LogP contribution in [0.25, 0.3) is 0 Å². The number of anilines is 1. The summed E-state index contributed by atoms with van der Waals surface area (Å²) in [7, 11) is 0. The molecule has 2 heterocycles. The molecular formula is C19H20ClN3O5. The molecule has 9 heteroatoms. The summed E-state index contributed by atoms with van der Waals surface area (Å²) in [5, 5.41) is 17.4. The van der Waals surface area contributed by atoms with E-state index >= 15 is 0 Å². The van der Waals surface area contributed by atoms with Crippen LogP contribution in [-0.4, -0.2) is 40.3 Å². The van der Waals surface area contributed by atoms with Crippen molar-refractivity contribution in [3.8, 4) is 11.5 Å². The van der Waals surface area contributed by atoms with Gasteiger partial charge in [0.25, 0.3) is 5.91 Å². The molecule has 0 aliphatic carbocycles. The van der Waals surface area contributed by atoms with Crippen molar-refractivity contribution < 1.29 is 24.2 Å². The molecule has 0 radical (unpaired) electrons. The van der Waals surface area contributed by atoms with Gasteiger partial charge in [-0.3, -0.25) is 9.59 Å². The Morgan fingerprint density at radius 2 is 2.18 bits per heavy atom. The molecule has 2 aromatic rings. The fourth-order valence-electron chi connectivity index (χ4n) is 2.83. The topological polar surface area (TPSA) is 102 Å². The summed E-state index contributed by atoms with van der Waals surface area (Å²) < 4.78 is 11.5. The maximum Gasteiger partial charge on any atom is 0.305 e. The summed E-state index contributed by atoms with van der Waals surface area (Å²) in [6.45, 7) is 3.68. The van der Waals surface area contributed by atoms with Gasteiger partial charge in [-0.15, -0.1) is 0 Å². The van der Waals surface area contributed by atoms with Crippen molar-refractivity contribution >= 4 is 29.2 Å². The Bertz CT molecular complexity index is 888. The molecule has 1 amide bonds. The zero-order valence-corrected chi connectivity index (χ0v) is 16.3. The number of nitrogens with zero attached hydrogens (tertiary/aromatic N) is 3. The lowest BCUT2D eigenvalue weighted by Gasteiger charge is -2.30. The van der Waals surface area contributed by atoms with Crippen LogP contribution in [0.2, 0.25) is 5.02 Å². The molecule has 1 aliphatic rings. The molecule has 1 N–H and O–H groups in total. The number of aryl methyl sites for hydroxylation is 1. The van der Waals surface area contributed by atoms with Crippen molar-refractivity contribution in [2.75, 3.05) is 18.1 Å². The number of fused-ring (bicyclic) bond motifs is 1. The molecule has 28 heavy (non-hydrogen) atoms. The first-order valence-electron chi connectivity index (χ1n) is 8.84. The lowest BCUT2D eigenvalue weighted by atomic mass is 10.1. The number of ether oxygens (including phenoxy) is 2. The average molecular weight is 406 g/mol. The Morgan fingerprint density at radius 3 is 2.82 bits per heavy atom. The van der Waals surface area contributed by atoms with Crippen LogP contribution in [0.4, 0.5) is 5.69 Å². The summed E-state index contributed by atoms with van der Waals surface area (Å²) in [4.78, 5) is 24.4. The number of carboxylic acid groups (broad SMARTS) is 1. The van der Waals surface area contributed by atoms with E-state index in [0.717, 1.165) is 5.69 Å². The minimum Gasteiger partial charge on any atom is -0.482 e. The summed E-state index contributed by atoms with van der Waals surface area (Å²) in [6, 6.07) is 6.88. The first kappa shape index (κ1) is 19.9. The van der Waals surface area contributed by atoms with Crippen LogP contribution in [0.5, 0.6) is 11.5 Å². The van der Waals surface area contributed by atoms with Crippen molar-refractivity contribution in [2.45, 2.75) is 32.8 Å². The predicted molar refractivity (Wildman–Crippen MR) is 102 cm³/mol. The summed E-state index contributed by atoms with van der Waals surface area (Å²) in [6.07, 6.45) is 0.122. The van der Waals surface area contributed by atoms with Crippen LogP contribution in [0.3, 0.4) is 0 Å². The maximum absolute atomic E-state index is 12.1. The molecule has 0 spiro atoms. The number of hydrogen-bond acceptors (Lipinski definition) is 6. The number of aliphatic carboxylic acids is 1. The summed E-state index contributed by atoms with van der Waals surface area (Å²) in [5.41, 5.74) is 1.92. The second-order valence-corrected chi connectivity index (χ2v) is 6.75. The van der Waals surface area contributed by atoms with Crippen LogP contribution in [-0.2, 0) is 9.59 Å². The first-order chi connectivity index (χ1) is 13.4. The molecule has 0 saturated heterocycles. The molecule has 1 aliphatic heterocycles. The third-order valence-electron chi connectivity index (χ3n) is 4.29. The number of rotatable bonds is 7. The third kappa shape index (κ3) is 4.33. The highest BCUT2D eigenvalue weighted by atomic mass is 35.5. The van der Waals surface area contributed by atoms with Crippen molar-refractivity contribution in [3.63, 3.8) is 0 Å². The highest BCUT2D eigenvalue weighted by Crippen LogP contribution is 2.41. The van der Waals surface area contributed by atoms with Crippen LogP contribution in [0, 0.1) is 6.92 Å². The van der Waals surface area contributed by atoms with E-state index in [9.17, 15) is 9.59 Å². The fraction of sp³-hybridized carbons (Fsp3) is 0.368. The highest BCUT2D eigenvalue weighted by molar-refractivity contribution is 6.32. The van der Waals surface area contributed by atoms with Gasteiger partial charge in [0.15, 0.2) is 6.61 Å². The molecule has 0 fully saturated rings. The number of carbonyl (C=O) groups excluding carboxylic acids is 1. The SMILES string of the molecule is CC[C@@H](Oc1cc2c(cc1Cl)N(CCC(=O)O)C(=O)CO2)c1ccc(C)nn1. The van der Waals surface area contributed by atoms with Crippen molar-refractivity contribution in [1.29, 1.82) is 0 Å². The Morgan fingerprint density at radius 1 is 1.39 bits per heavy atom. The Hall–Kier alpha value is -2.87. The summed E-state index contributed by atoms with van der Waals surface area (Å²) in [5.74, 6) is -0.506. The Balaban J connectivity index is 1.86. The molecule has 1 aromatic heterocycles. The summed E-state index contributed by atoms with van der Waals surface area (Å²) >= 11 is 6.38. The molecule has 1 aromatic carbocycles. The largest absolute Gasteiger partial charge is 0.482 e. The highest BCUT2D eigenvalue weighted by Gasteiger charge is 2.28. The second kappa shape index (κ2) is 8.43. The van der Waals surface area contributed by atoms with E-state index in [4.69, 9.17) is 26.2 Å². The van der Waals surface area contributed by atoms with Gasteiger partial charge in [0.2, 0.25) is 0 Å². The van der Waals surface area contributed by atoms with E-state index in [0.29, 0.717) is 29.3 Å². The van der Waals surface area contributed by atoms with Crippen LogP contribution >= 0.6 is 11.6 Å². The smallest absolute Gasteiger partial charge is 0.305 e. The quantitative estimate of drug-likeness (QED) is 0.754.